The highest BCUT2D eigenvalue weighted by Gasteiger charge is 2.05. The average Bonchev–Trinajstić information content (AvgIpc) is 2.48. The van der Waals surface area contributed by atoms with Gasteiger partial charge >= 0.3 is 0 Å². The number of H-pyrrole nitrogens is 1. The summed E-state index contributed by atoms with van der Waals surface area (Å²) in [4.78, 5) is 7.05. The van der Waals surface area contributed by atoms with Gasteiger partial charge in [-0.15, -0.1) is 0 Å². The number of halogens is 1. The van der Waals surface area contributed by atoms with Crippen molar-refractivity contribution in [1.82, 2.24) is 9.97 Å². The van der Waals surface area contributed by atoms with E-state index in [0.29, 0.717) is 16.9 Å². The van der Waals surface area contributed by atoms with Crippen molar-refractivity contribution < 1.29 is 4.39 Å². The Morgan fingerprint density at radius 2 is 2.36 bits per heavy atom. The molecule has 0 fully saturated rings. The molecule has 2 aromatic rings. The van der Waals surface area contributed by atoms with Crippen LogP contribution >= 0.6 is 0 Å². The molecule has 14 heavy (non-hydrogen) atoms. The van der Waals surface area contributed by atoms with E-state index in [-0.39, 0.29) is 12.2 Å². The van der Waals surface area contributed by atoms with Crippen LogP contribution in [0, 0.1) is 24.1 Å². The lowest BCUT2D eigenvalue weighted by atomic mass is 10.2. The molecule has 0 amide bonds. The summed E-state index contributed by atoms with van der Waals surface area (Å²) in [6.45, 7) is 1.69. The minimum Gasteiger partial charge on any atom is -0.341 e. The van der Waals surface area contributed by atoms with E-state index in [1.165, 1.54) is 6.07 Å². The first-order chi connectivity index (χ1) is 6.70. The molecule has 0 aliphatic carbocycles. The third kappa shape index (κ3) is 1.33. The van der Waals surface area contributed by atoms with Crippen molar-refractivity contribution in [1.29, 1.82) is 5.26 Å². The molecule has 1 aromatic carbocycles. The van der Waals surface area contributed by atoms with Gasteiger partial charge in [-0.1, -0.05) is 0 Å². The minimum absolute atomic E-state index is 0.218. The number of fused-ring (bicyclic) bond motifs is 1. The number of nitrogens with one attached hydrogen (secondary N) is 1. The van der Waals surface area contributed by atoms with E-state index in [2.05, 4.69) is 9.97 Å². The van der Waals surface area contributed by atoms with Crippen molar-refractivity contribution >= 4 is 11.0 Å². The van der Waals surface area contributed by atoms with Gasteiger partial charge in [0.25, 0.3) is 0 Å². The number of nitrogens with zero attached hydrogens (tertiary/aromatic N) is 2. The molecule has 0 saturated heterocycles. The van der Waals surface area contributed by atoms with Gasteiger partial charge in [0.05, 0.1) is 23.5 Å². The molecule has 0 aliphatic heterocycles. The third-order valence-corrected chi connectivity index (χ3v) is 2.06. The normalized spacial score (nSPS) is 10.4. The highest BCUT2D eigenvalue weighted by Crippen LogP contribution is 2.16. The molecule has 0 unspecified atom stereocenters. The van der Waals surface area contributed by atoms with Crippen molar-refractivity contribution in [2.45, 2.75) is 13.3 Å². The molecule has 4 heteroatoms. The molecule has 0 spiro atoms. The first-order valence-electron chi connectivity index (χ1n) is 4.22. The zero-order valence-corrected chi connectivity index (χ0v) is 7.63. The van der Waals surface area contributed by atoms with Gasteiger partial charge < -0.3 is 4.98 Å². The Balaban J connectivity index is 2.61. The number of aromatic nitrogens is 2. The molecule has 0 bridgehead atoms. The first-order valence-corrected chi connectivity index (χ1v) is 4.22. The largest absolute Gasteiger partial charge is 0.341 e. The summed E-state index contributed by atoms with van der Waals surface area (Å²) in [7, 11) is 0. The second kappa shape index (κ2) is 3.11. The summed E-state index contributed by atoms with van der Waals surface area (Å²) in [5, 5.41) is 8.47. The van der Waals surface area contributed by atoms with Crippen LogP contribution in [0.3, 0.4) is 0 Å². The lowest BCUT2D eigenvalue weighted by molar-refractivity contribution is 0.620. The molecular weight excluding hydrogens is 181 g/mol. The summed E-state index contributed by atoms with van der Waals surface area (Å²) >= 11 is 0. The van der Waals surface area contributed by atoms with Crippen LogP contribution in [0.1, 0.15) is 11.4 Å². The number of aryl methyl sites for hydroxylation is 1. The molecule has 0 atom stereocenters. The molecule has 0 aliphatic rings. The molecule has 70 valence electrons. The molecule has 3 nitrogen and oxygen atoms in total. The Morgan fingerprint density at radius 1 is 1.57 bits per heavy atom. The molecule has 2 rings (SSSR count). The quantitative estimate of drug-likeness (QED) is 0.746. The van der Waals surface area contributed by atoms with E-state index in [1.54, 1.807) is 13.0 Å². The second-order valence-corrected chi connectivity index (χ2v) is 3.14. The Labute approximate surface area is 80.2 Å². The number of rotatable bonds is 1. The highest BCUT2D eigenvalue weighted by molar-refractivity contribution is 5.76. The molecule has 1 N–H and O–H groups in total. The lowest BCUT2D eigenvalue weighted by Gasteiger charge is -1.93. The Hall–Kier alpha value is -1.89. The fourth-order valence-corrected chi connectivity index (χ4v) is 1.35. The van der Waals surface area contributed by atoms with E-state index in [4.69, 9.17) is 5.26 Å². The number of hydrogen-bond acceptors (Lipinski definition) is 2. The van der Waals surface area contributed by atoms with E-state index < -0.39 is 0 Å². The van der Waals surface area contributed by atoms with Gasteiger partial charge in [-0.3, -0.25) is 0 Å². The van der Waals surface area contributed by atoms with Crippen LogP contribution in [-0.4, -0.2) is 9.97 Å². The Bertz CT molecular complexity index is 483. The van der Waals surface area contributed by atoms with Crippen LogP contribution in [0.25, 0.3) is 11.0 Å². The summed E-state index contributed by atoms with van der Waals surface area (Å²) in [6, 6.07) is 5.06. The van der Waals surface area contributed by atoms with Gasteiger partial charge in [-0.05, 0) is 18.6 Å². The molecule has 1 aromatic heterocycles. The molecular formula is C10H8FN3. The Morgan fingerprint density at radius 3 is 3.07 bits per heavy atom. The van der Waals surface area contributed by atoms with Crippen molar-refractivity contribution in [3.05, 3.63) is 29.3 Å². The van der Waals surface area contributed by atoms with Gasteiger partial charge in [-0.2, -0.15) is 5.26 Å². The highest BCUT2D eigenvalue weighted by atomic mass is 19.1. The SMILES string of the molecule is Cc1cc2[nH]c(CC#N)nc2cc1F. The van der Waals surface area contributed by atoms with Crippen LogP contribution < -0.4 is 0 Å². The number of nitriles is 1. The maximum atomic E-state index is 13.1. The van der Waals surface area contributed by atoms with Crippen molar-refractivity contribution in [3.63, 3.8) is 0 Å². The predicted molar refractivity (Wildman–Crippen MR) is 50.1 cm³/mol. The van der Waals surface area contributed by atoms with E-state index in [1.807, 2.05) is 6.07 Å². The van der Waals surface area contributed by atoms with E-state index in [9.17, 15) is 4.39 Å². The van der Waals surface area contributed by atoms with Gasteiger partial charge in [0.2, 0.25) is 0 Å². The van der Waals surface area contributed by atoms with E-state index >= 15 is 0 Å². The molecule has 1 heterocycles. The fraction of sp³-hybridized carbons (Fsp3) is 0.200. The van der Waals surface area contributed by atoms with Crippen LogP contribution in [0.5, 0.6) is 0 Å². The standard InChI is InChI=1S/C10H8FN3/c1-6-4-8-9(5-7(6)11)14-10(13-8)2-3-12/h4-5H,2H2,1H3,(H,13,14). The van der Waals surface area contributed by atoms with Crippen LogP contribution in [0.15, 0.2) is 12.1 Å². The predicted octanol–water partition coefficient (Wildman–Crippen LogP) is 2.08. The number of benzene rings is 1. The molecule has 0 saturated carbocycles. The van der Waals surface area contributed by atoms with Gasteiger partial charge in [0.1, 0.15) is 11.6 Å². The summed E-state index contributed by atoms with van der Waals surface area (Å²) in [6.07, 6.45) is 0.218. The average molecular weight is 189 g/mol. The zero-order valence-electron chi connectivity index (χ0n) is 7.63. The van der Waals surface area contributed by atoms with Crippen LogP contribution in [0.4, 0.5) is 4.39 Å². The zero-order chi connectivity index (χ0) is 10.1. The Kier molecular flexibility index (Phi) is 1.93. The second-order valence-electron chi connectivity index (χ2n) is 3.14. The van der Waals surface area contributed by atoms with Crippen LogP contribution in [-0.2, 0) is 6.42 Å². The van der Waals surface area contributed by atoms with Crippen LogP contribution in [0.2, 0.25) is 0 Å². The lowest BCUT2D eigenvalue weighted by Crippen LogP contribution is -1.82. The third-order valence-electron chi connectivity index (χ3n) is 2.06. The van der Waals surface area contributed by atoms with Crippen molar-refractivity contribution in [2.24, 2.45) is 0 Å². The minimum atomic E-state index is -0.271. The topological polar surface area (TPSA) is 52.5 Å². The van der Waals surface area contributed by atoms with Crippen molar-refractivity contribution in [3.8, 4) is 6.07 Å². The van der Waals surface area contributed by atoms with Gasteiger partial charge in [0, 0.05) is 6.07 Å². The molecule has 0 radical (unpaired) electrons. The fourth-order valence-electron chi connectivity index (χ4n) is 1.35. The van der Waals surface area contributed by atoms with Gasteiger partial charge in [0.15, 0.2) is 0 Å². The first kappa shape index (κ1) is 8.70. The monoisotopic (exact) mass is 189 g/mol. The maximum Gasteiger partial charge on any atom is 0.128 e. The number of imidazole rings is 1. The van der Waals surface area contributed by atoms with Gasteiger partial charge in [-0.25, -0.2) is 9.37 Å². The number of aromatic amines is 1. The van der Waals surface area contributed by atoms with Crippen molar-refractivity contribution in [2.75, 3.05) is 0 Å². The summed E-state index contributed by atoms with van der Waals surface area (Å²) in [5.74, 6) is 0.306. The number of hydrogen-bond donors (Lipinski definition) is 1. The smallest absolute Gasteiger partial charge is 0.128 e. The maximum absolute atomic E-state index is 13.1. The van der Waals surface area contributed by atoms with E-state index in [0.717, 1.165) is 5.52 Å². The summed E-state index contributed by atoms with van der Waals surface area (Å²) < 4.78 is 13.1. The summed E-state index contributed by atoms with van der Waals surface area (Å²) in [5.41, 5.74) is 1.91.